The summed E-state index contributed by atoms with van der Waals surface area (Å²) in [7, 11) is 0. The SMILES string of the molecule is CCC(C)C(Cc1ccccc1NCc1ccccc1)c1ccccc1. The number of hydrogen-bond donors (Lipinski definition) is 1. The topological polar surface area (TPSA) is 12.0 Å². The molecule has 0 bridgehead atoms. The largest absolute Gasteiger partial charge is 0.381 e. The van der Waals surface area contributed by atoms with Gasteiger partial charge in [0, 0.05) is 12.2 Å². The van der Waals surface area contributed by atoms with E-state index >= 15 is 0 Å². The van der Waals surface area contributed by atoms with E-state index in [1.165, 1.54) is 28.8 Å². The molecule has 0 aliphatic carbocycles. The lowest BCUT2D eigenvalue weighted by molar-refractivity contribution is 0.443. The Morgan fingerprint density at radius 2 is 1.38 bits per heavy atom. The normalized spacial score (nSPS) is 13.2. The van der Waals surface area contributed by atoms with Crippen LogP contribution in [0.3, 0.4) is 0 Å². The monoisotopic (exact) mass is 343 g/mol. The number of para-hydroxylation sites is 1. The number of benzene rings is 3. The fourth-order valence-corrected chi connectivity index (χ4v) is 3.53. The number of rotatable bonds is 8. The molecule has 1 heteroatoms. The molecule has 0 aromatic heterocycles. The second-order valence-corrected chi connectivity index (χ2v) is 7.10. The van der Waals surface area contributed by atoms with Gasteiger partial charge in [0.25, 0.3) is 0 Å². The van der Waals surface area contributed by atoms with Gasteiger partial charge < -0.3 is 5.32 Å². The van der Waals surface area contributed by atoms with Gasteiger partial charge in [-0.05, 0) is 41.0 Å². The van der Waals surface area contributed by atoms with Crippen molar-refractivity contribution >= 4 is 5.69 Å². The quantitative estimate of drug-likeness (QED) is 0.481. The molecule has 2 atom stereocenters. The van der Waals surface area contributed by atoms with Crippen molar-refractivity contribution in [3.05, 3.63) is 102 Å². The van der Waals surface area contributed by atoms with E-state index in [1.807, 2.05) is 0 Å². The first-order valence-corrected chi connectivity index (χ1v) is 9.68. The summed E-state index contributed by atoms with van der Waals surface area (Å²) in [6.45, 7) is 5.52. The Labute approximate surface area is 158 Å². The van der Waals surface area contributed by atoms with Crippen molar-refractivity contribution in [3.8, 4) is 0 Å². The molecule has 0 spiro atoms. The molecule has 1 nitrogen and oxygen atoms in total. The molecular formula is C25H29N. The predicted molar refractivity (Wildman–Crippen MR) is 113 cm³/mol. The van der Waals surface area contributed by atoms with E-state index in [1.54, 1.807) is 0 Å². The summed E-state index contributed by atoms with van der Waals surface area (Å²) in [6, 6.07) is 30.3. The third-order valence-electron chi connectivity index (χ3n) is 5.34. The Hall–Kier alpha value is -2.54. The summed E-state index contributed by atoms with van der Waals surface area (Å²) in [5, 5.41) is 3.64. The highest BCUT2D eigenvalue weighted by Crippen LogP contribution is 2.32. The lowest BCUT2D eigenvalue weighted by Gasteiger charge is -2.25. The molecule has 0 saturated carbocycles. The lowest BCUT2D eigenvalue weighted by Crippen LogP contribution is -2.13. The van der Waals surface area contributed by atoms with E-state index in [0.717, 1.165) is 13.0 Å². The van der Waals surface area contributed by atoms with E-state index < -0.39 is 0 Å². The van der Waals surface area contributed by atoms with Gasteiger partial charge >= 0.3 is 0 Å². The van der Waals surface area contributed by atoms with Crippen LogP contribution in [0.4, 0.5) is 5.69 Å². The second kappa shape index (κ2) is 9.24. The third-order valence-corrected chi connectivity index (χ3v) is 5.34. The van der Waals surface area contributed by atoms with Gasteiger partial charge in [-0.25, -0.2) is 0 Å². The van der Waals surface area contributed by atoms with E-state index in [2.05, 4.69) is 104 Å². The van der Waals surface area contributed by atoms with Crippen LogP contribution in [0.5, 0.6) is 0 Å². The highest BCUT2D eigenvalue weighted by Gasteiger charge is 2.19. The van der Waals surface area contributed by atoms with Crippen LogP contribution in [0, 0.1) is 5.92 Å². The van der Waals surface area contributed by atoms with E-state index in [4.69, 9.17) is 0 Å². The van der Waals surface area contributed by atoms with Gasteiger partial charge in [-0.3, -0.25) is 0 Å². The summed E-state index contributed by atoms with van der Waals surface area (Å²) in [6.07, 6.45) is 2.26. The van der Waals surface area contributed by atoms with Crippen LogP contribution in [0.25, 0.3) is 0 Å². The average molecular weight is 344 g/mol. The summed E-state index contributed by atoms with van der Waals surface area (Å²) < 4.78 is 0. The molecule has 0 amide bonds. The second-order valence-electron chi connectivity index (χ2n) is 7.10. The molecule has 3 aromatic carbocycles. The summed E-state index contributed by atoms with van der Waals surface area (Å²) in [5.41, 5.74) is 5.40. The smallest absolute Gasteiger partial charge is 0.0400 e. The van der Waals surface area contributed by atoms with Crippen LogP contribution in [0.15, 0.2) is 84.9 Å². The van der Waals surface area contributed by atoms with E-state index in [9.17, 15) is 0 Å². The Kier molecular flexibility index (Phi) is 6.49. The summed E-state index contributed by atoms with van der Waals surface area (Å²) in [5.74, 6) is 1.19. The molecule has 0 radical (unpaired) electrons. The maximum absolute atomic E-state index is 3.64. The standard InChI is InChI=1S/C25H29N/c1-3-20(2)24(22-14-8-5-9-15-22)18-23-16-10-11-17-25(23)26-19-21-12-6-4-7-13-21/h4-17,20,24,26H,3,18-19H2,1-2H3. The molecule has 26 heavy (non-hydrogen) atoms. The Morgan fingerprint density at radius 3 is 2.08 bits per heavy atom. The van der Waals surface area contributed by atoms with Gasteiger partial charge in [0.05, 0.1) is 0 Å². The fraction of sp³-hybridized carbons (Fsp3) is 0.280. The average Bonchev–Trinajstić information content (AvgIpc) is 2.72. The maximum atomic E-state index is 3.64. The third kappa shape index (κ3) is 4.76. The van der Waals surface area contributed by atoms with Gasteiger partial charge in [0.1, 0.15) is 0 Å². The van der Waals surface area contributed by atoms with Gasteiger partial charge in [-0.1, -0.05) is 99.1 Å². The minimum Gasteiger partial charge on any atom is -0.381 e. The van der Waals surface area contributed by atoms with Crippen LogP contribution < -0.4 is 5.32 Å². The van der Waals surface area contributed by atoms with Crippen molar-refractivity contribution in [2.24, 2.45) is 5.92 Å². The molecule has 0 aliphatic rings. The minimum absolute atomic E-state index is 0.542. The Balaban J connectivity index is 1.79. The van der Waals surface area contributed by atoms with E-state index in [-0.39, 0.29) is 0 Å². The molecule has 1 N–H and O–H groups in total. The molecular weight excluding hydrogens is 314 g/mol. The van der Waals surface area contributed by atoms with Gasteiger partial charge in [0.15, 0.2) is 0 Å². The van der Waals surface area contributed by atoms with Crippen LogP contribution in [-0.2, 0) is 13.0 Å². The molecule has 0 saturated heterocycles. The summed E-state index contributed by atoms with van der Waals surface area (Å²) >= 11 is 0. The Morgan fingerprint density at radius 1 is 0.769 bits per heavy atom. The fourth-order valence-electron chi connectivity index (χ4n) is 3.53. The Bertz CT molecular complexity index is 780. The predicted octanol–water partition coefficient (Wildman–Crippen LogP) is 6.67. The van der Waals surface area contributed by atoms with Crippen molar-refractivity contribution in [1.82, 2.24) is 0 Å². The molecule has 0 heterocycles. The maximum Gasteiger partial charge on any atom is 0.0400 e. The zero-order valence-corrected chi connectivity index (χ0v) is 15.9. The molecule has 134 valence electrons. The van der Waals surface area contributed by atoms with Crippen molar-refractivity contribution in [3.63, 3.8) is 0 Å². The van der Waals surface area contributed by atoms with Crippen LogP contribution in [0.2, 0.25) is 0 Å². The van der Waals surface area contributed by atoms with Crippen molar-refractivity contribution in [2.45, 2.75) is 39.2 Å². The van der Waals surface area contributed by atoms with Gasteiger partial charge in [-0.2, -0.15) is 0 Å². The molecule has 0 aliphatic heterocycles. The molecule has 3 rings (SSSR count). The van der Waals surface area contributed by atoms with Crippen LogP contribution >= 0.6 is 0 Å². The van der Waals surface area contributed by atoms with Gasteiger partial charge in [-0.15, -0.1) is 0 Å². The first-order valence-electron chi connectivity index (χ1n) is 9.68. The van der Waals surface area contributed by atoms with Gasteiger partial charge in [0.2, 0.25) is 0 Å². The van der Waals surface area contributed by atoms with E-state index in [0.29, 0.717) is 11.8 Å². The first-order chi connectivity index (χ1) is 12.8. The van der Waals surface area contributed by atoms with Crippen molar-refractivity contribution < 1.29 is 0 Å². The van der Waals surface area contributed by atoms with Crippen molar-refractivity contribution in [2.75, 3.05) is 5.32 Å². The molecule has 3 aromatic rings. The highest BCUT2D eigenvalue weighted by molar-refractivity contribution is 5.52. The molecule has 0 fully saturated rings. The zero-order valence-electron chi connectivity index (χ0n) is 15.9. The zero-order chi connectivity index (χ0) is 18.2. The highest BCUT2D eigenvalue weighted by atomic mass is 14.9. The van der Waals surface area contributed by atoms with Crippen LogP contribution in [0.1, 0.15) is 42.9 Å². The van der Waals surface area contributed by atoms with Crippen LogP contribution in [-0.4, -0.2) is 0 Å². The molecule has 2 unspecified atom stereocenters. The number of nitrogens with one attached hydrogen (secondary N) is 1. The lowest BCUT2D eigenvalue weighted by atomic mass is 9.81. The number of hydrogen-bond acceptors (Lipinski definition) is 1. The number of anilines is 1. The van der Waals surface area contributed by atoms with Crippen molar-refractivity contribution in [1.29, 1.82) is 0 Å². The first kappa shape index (κ1) is 18.3. The minimum atomic E-state index is 0.542. The summed E-state index contributed by atoms with van der Waals surface area (Å²) in [4.78, 5) is 0.